The van der Waals surface area contributed by atoms with Gasteiger partial charge in [-0.15, -0.1) is 0 Å². The molecule has 1 aromatic heterocycles. The van der Waals surface area contributed by atoms with Gasteiger partial charge in [0.15, 0.2) is 0 Å². The van der Waals surface area contributed by atoms with Gasteiger partial charge in [0.1, 0.15) is 18.2 Å². The summed E-state index contributed by atoms with van der Waals surface area (Å²) in [6.07, 6.45) is 0. The predicted molar refractivity (Wildman–Crippen MR) is 124 cm³/mol. The number of piperazine rings is 1. The lowest BCUT2D eigenvalue weighted by Crippen LogP contribution is -2.47. The topological polar surface area (TPSA) is 53.8 Å². The summed E-state index contributed by atoms with van der Waals surface area (Å²) in [6, 6.07) is 14.9. The third kappa shape index (κ3) is 4.36. The van der Waals surface area contributed by atoms with Crippen molar-refractivity contribution in [2.75, 3.05) is 39.3 Å². The molecule has 3 heterocycles. The largest absolute Gasteiger partial charge is 0.492 e. The van der Waals surface area contributed by atoms with E-state index in [1.54, 1.807) is 6.92 Å². The van der Waals surface area contributed by atoms with Crippen LogP contribution in [0.3, 0.4) is 0 Å². The van der Waals surface area contributed by atoms with Gasteiger partial charge in [-0.3, -0.25) is 14.6 Å². The number of hydrogen-bond acceptors (Lipinski definition) is 5. The van der Waals surface area contributed by atoms with Gasteiger partial charge in [0.25, 0.3) is 0 Å². The Hall–Kier alpha value is -2.90. The number of amides is 1. The lowest BCUT2D eigenvalue weighted by atomic mass is 10.1. The molecule has 32 heavy (non-hydrogen) atoms. The lowest BCUT2D eigenvalue weighted by molar-refractivity contribution is -0.130. The quantitative estimate of drug-likeness (QED) is 0.633. The number of carbonyl (C=O) groups excluding carboxylic acids is 1. The van der Waals surface area contributed by atoms with Crippen LogP contribution in [0.5, 0.6) is 5.75 Å². The maximum absolute atomic E-state index is 11.6. The summed E-state index contributed by atoms with van der Waals surface area (Å²) in [5.74, 6) is 2.24. The molecule has 1 amide bonds. The van der Waals surface area contributed by atoms with E-state index in [2.05, 4.69) is 57.8 Å². The fourth-order valence-electron chi connectivity index (χ4n) is 4.75. The fraction of sp³-hybridized carbons (Fsp3) is 0.440. The van der Waals surface area contributed by atoms with Crippen LogP contribution in [0.1, 0.15) is 23.9 Å². The number of nitrogens with zero attached hydrogens (tertiary/aromatic N) is 5. The number of para-hydroxylation sites is 2. The van der Waals surface area contributed by atoms with Crippen LogP contribution in [0.2, 0.25) is 0 Å². The van der Waals surface area contributed by atoms with E-state index < -0.39 is 0 Å². The van der Waals surface area contributed by atoms with E-state index in [0.29, 0.717) is 6.61 Å². The highest BCUT2D eigenvalue weighted by Crippen LogP contribution is 2.26. The molecule has 0 spiro atoms. The van der Waals surface area contributed by atoms with Crippen LogP contribution in [0.25, 0.3) is 11.0 Å². The molecule has 0 bridgehead atoms. The maximum Gasteiger partial charge on any atom is 0.219 e. The zero-order valence-corrected chi connectivity index (χ0v) is 19.0. The highest BCUT2D eigenvalue weighted by atomic mass is 16.5. The molecule has 7 nitrogen and oxygen atoms in total. The Balaban J connectivity index is 1.28. The third-order valence-corrected chi connectivity index (χ3v) is 6.65. The number of imidazole rings is 1. The van der Waals surface area contributed by atoms with Gasteiger partial charge in [-0.05, 0) is 29.8 Å². The molecule has 0 unspecified atom stereocenters. The van der Waals surface area contributed by atoms with Crippen molar-refractivity contribution in [3.8, 4) is 5.75 Å². The van der Waals surface area contributed by atoms with Gasteiger partial charge >= 0.3 is 0 Å². The standard InChI is InChI=1S/C25H31N5O2/c1-19(31)30-11-9-28(10-12-30)16-20-7-8-24-21(15-20)17-29(13-14-32-24)18-25-26-22-5-3-4-6-23(22)27(25)2/h3-8,15H,9-14,16-18H2,1-2H3. The first-order chi connectivity index (χ1) is 15.6. The average Bonchev–Trinajstić information content (AvgIpc) is 2.97. The van der Waals surface area contributed by atoms with Crippen molar-refractivity contribution in [2.24, 2.45) is 7.05 Å². The average molecular weight is 434 g/mol. The molecule has 5 rings (SSSR count). The van der Waals surface area contributed by atoms with Crippen LogP contribution >= 0.6 is 0 Å². The first kappa shape index (κ1) is 21.0. The summed E-state index contributed by atoms with van der Waals surface area (Å²) in [6.45, 7) is 9.24. The van der Waals surface area contributed by atoms with Crippen molar-refractivity contribution in [1.29, 1.82) is 0 Å². The zero-order valence-electron chi connectivity index (χ0n) is 19.0. The molecule has 1 fully saturated rings. The van der Waals surface area contributed by atoms with Gasteiger partial charge in [0.05, 0.1) is 17.6 Å². The highest BCUT2D eigenvalue weighted by molar-refractivity contribution is 5.75. The molecule has 0 radical (unpaired) electrons. The van der Waals surface area contributed by atoms with Gasteiger partial charge < -0.3 is 14.2 Å². The monoisotopic (exact) mass is 433 g/mol. The molecule has 0 atom stereocenters. The number of rotatable bonds is 4. The van der Waals surface area contributed by atoms with E-state index in [-0.39, 0.29) is 5.91 Å². The van der Waals surface area contributed by atoms with Crippen molar-refractivity contribution < 1.29 is 9.53 Å². The van der Waals surface area contributed by atoms with Crippen molar-refractivity contribution in [2.45, 2.75) is 26.6 Å². The molecular weight excluding hydrogens is 402 g/mol. The lowest BCUT2D eigenvalue weighted by Gasteiger charge is -2.34. The van der Waals surface area contributed by atoms with Crippen LogP contribution in [0, 0.1) is 0 Å². The van der Waals surface area contributed by atoms with Crippen LogP contribution in [0.15, 0.2) is 42.5 Å². The van der Waals surface area contributed by atoms with Gasteiger partial charge in [-0.2, -0.15) is 0 Å². The van der Waals surface area contributed by atoms with E-state index in [4.69, 9.17) is 9.72 Å². The number of benzene rings is 2. The number of hydrogen-bond donors (Lipinski definition) is 0. The molecule has 2 aromatic carbocycles. The summed E-state index contributed by atoms with van der Waals surface area (Å²) in [4.78, 5) is 23.2. The predicted octanol–water partition coefficient (Wildman–Crippen LogP) is 2.63. The Morgan fingerprint density at radius 1 is 1.00 bits per heavy atom. The van der Waals surface area contributed by atoms with Crippen LogP contribution in [-0.2, 0) is 31.5 Å². The van der Waals surface area contributed by atoms with Gasteiger partial charge in [-0.1, -0.05) is 18.2 Å². The van der Waals surface area contributed by atoms with E-state index in [0.717, 1.165) is 69.4 Å². The summed E-state index contributed by atoms with van der Waals surface area (Å²) in [7, 11) is 2.09. The molecule has 0 N–H and O–H groups in total. The highest BCUT2D eigenvalue weighted by Gasteiger charge is 2.21. The van der Waals surface area contributed by atoms with E-state index >= 15 is 0 Å². The Labute approximate surface area is 189 Å². The third-order valence-electron chi connectivity index (χ3n) is 6.65. The van der Waals surface area contributed by atoms with Crippen LogP contribution in [-0.4, -0.2) is 69.5 Å². The molecule has 0 aliphatic carbocycles. The van der Waals surface area contributed by atoms with Crippen LogP contribution < -0.4 is 4.74 Å². The minimum atomic E-state index is 0.174. The molecular formula is C25H31N5O2. The van der Waals surface area contributed by atoms with Gasteiger partial charge in [0, 0.05) is 65.3 Å². The molecule has 2 aliphatic heterocycles. The number of ether oxygens (including phenoxy) is 1. The first-order valence-corrected chi connectivity index (χ1v) is 11.4. The zero-order chi connectivity index (χ0) is 22.1. The maximum atomic E-state index is 11.6. The Morgan fingerprint density at radius 3 is 2.59 bits per heavy atom. The summed E-state index contributed by atoms with van der Waals surface area (Å²) in [5.41, 5.74) is 4.75. The summed E-state index contributed by atoms with van der Waals surface area (Å²) >= 11 is 0. The first-order valence-electron chi connectivity index (χ1n) is 11.4. The Bertz CT molecular complexity index is 1120. The van der Waals surface area contributed by atoms with Crippen molar-refractivity contribution in [3.05, 3.63) is 59.4 Å². The van der Waals surface area contributed by atoms with Crippen molar-refractivity contribution in [1.82, 2.24) is 24.3 Å². The molecule has 2 aliphatic rings. The molecule has 1 saturated heterocycles. The normalized spacial score (nSPS) is 17.8. The number of fused-ring (bicyclic) bond motifs is 2. The van der Waals surface area contributed by atoms with Crippen molar-refractivity contribution in [3.63, 3.8) is 0 Å². The minimum absolute atomic E-state index is 0.174. The summed E-state index contributed by atoms with van der Waals surface area (Å²) < 4.78 is 8.26. The second-order valence-electron chi connectivity index (χ2n) is 8.86. The molecule has 3 aromatic rings. The van der Waals surface area contributed by atoms with E-state index in [1.807, 2.05) is 11.0 Å². The number of aryl methyl sites for hydroxylation is 1. The minimum Gasteiger partial charge on any atom is -0.492 e. The van der Waals surface area contributed by atoms with E-state index in [1.165, 1.54) is 16.6 Å². The molecule has 168 valence electrons. The molecule has 0 saturated carbocycles. The Kier molecular flexibility index (Phi) is 5.85. The van der Waals surface area contributed by atoms with Crippen LogP contribution in [0.4, 0.5) is 0 Å². The second-order valence-corrected chi connectivity index (χ2v) is 8.86. The van der Waals surface area contributed by atoms with Crippen molar-refractivity contribution >= 4 is 16.9 Å². The smallest absolute Gasteiger partial charge is 0.219 e. The molecule has 7 heteroatoms. The summed E-state index contributed by atoms with van der Waals surface area (Å²) in [5, 5.41) is 0. The Morgan fingerprint density at radius 2 is 1.81 bits per heavy atom. The number of aromatic nitrogens is 2. The second kappa shape index (κ2) is 8.92. The van der Waals surface area contributed by atoms with Gasteiger partial charge in [0.2, 0.25) is 5.91 Å². The SMILES string of the molecule is CC(=O)N1CCN(Cc2ccc3c(c2)CN(Cc2nc4ccccc4n2C)CCO3)CC1. The number of carbonyl (C=O) groups is 1. The van der Waals surface area contributed by atoms with E-state index in [9.17, 15) is 4.79 Å². The fourth-order valence-corrected chi connectivity index (χ4v) is 4.75. The van der Waals surface area contributed by atoms with Gasteiger partial charge in [-0.25, -0.2) is 4.98 Å².